The molecule has 2 aromatic rings. The topological polar surface area (TPSA) is 34.1 Å². The van der Waals surface area contributed by atoms with Gasteiger partial charge in [0.1, 0.15) is 0 Å². The van der Waals surface area contributed by atoms with E-state index in [1.165, 1.54) is 13.8 Å². The molecule has 5 heteroatoms. The van der Waals surface area contributed by atoms with E-state index in [9.17, 15) is 9.59 Å². The van der Waals surface area contributed by atoms with Crippen LogP contribution in [0.3, 0.4) is 0 Å². The molecule has 0 spiro atoms. The van der Waals surface area contributed by atoms with Gasteiger partial charge in [0, 0.05) is 0 Å². The second-order valence-electron chi connectivity index (χ2n) is 4.64. The third-order valence-electron chi connectivity index (χ3n) is 3.07. The van der Waals surface area contributed by atoms with E-state index < -0.39 is 15.9 Å². The summed E-state index contributed by atoms with van der Waals surface area (Å²) in [5, 5.41) is 0. The minimum absolute atomic E-state index is 0.0266. The molecule has 0 saturated heterocycles. The van der Waals surface area contributed by atoms with Crippen LogP contribution in [0, 0.1) is 0 Å². The zero-order valence-corrected chi connectivity index (χ0v) is 15.4. The first-order chi connectivity index (χ1) is 9.82. The fraction of sp³-hybridized carbons (Fsp3) is 0.125. The molecule has 0 amide bonds. The monoisotopic (exact) mass is 438 g/mol. The molecule has 0 saturated carbocycles. The van der Waals surface area contributed by atoms with Crippen LogP contribution >= 0.6 is 17.9 Å². The Labute approximate surface area is 135 Å². The summed E-state index contributed by atoms with van der Waals surface area (Å²) in [5.41, 5.74) is 1.18. The van der Waals surface area contributed by atoms with Crippen molar-refractivity contribution in [2.75, 3.05) is 0 Å². The summed E-state index contributed by atoms with van der Waals surface area (Å²) in [6, 6.07) is 14.2. The molecule has 0 bridgehead atoms. The molecule has 110 valence electrons. The number of hydrogen-bond donors (Lipinski definition) is 0. The Morgan fingerprint density at radius 3 is 1.52 bits per heavy atom. The number of carbonyl (C=O) groups excluding carboxylic acids is 2. The zero-order chi connectivity index (χ0) is 15.6. The summed E-state index contributed by atoms with van der Waals surface area (Å²) in [7, 11) is 13.3. The molecular weight excluding hydrogens is 423 g/mol. The molecular formula is C16H14Cl2O2Te. The van der Waals surface area contributed by atoms with Crippen LogP contribution in [0.2, 0.25) is 0 Å². The Morgan fingerprint density at radius 2 is 1.19 bits per heavy atom. The molecule has 2 aromatic carbocycles. The molecule has 0 aliphatic carbocycles. The maximum absolute atomic E-state index is 11.5. The van der Waals surface area contributed by atoms with E-state index in [-0.39, 0.29) is 11.6 Å². The Hall–Kier alpha value is -0.850. The normalized spacial score (nSPS) is 12.0. The van der Waals surface area contributed by atoms with Gasteiger partial charge in [0.15, 0.2) is 0 Å². The van der Waals surface area contributed by atoms with Gasteiger partial charge in [-0.1, -0.05) is 0 Å². The predicted octanol–water partition coefficient (Wildman–Crippen LogP) is 3.13. The van der Waals surface area contributed by atoms with Crippen LogP contribution in [0.1, 0.15) is 34.6 Å². The van der Waals surface area contributed by atoms with Gasteiger partial charge in [-0.3, -0.25) is 0 Å². The second-order valence-corrected chi connectivity index (χ2v) is 17.3. The predicted molar refractivity (Wildman–Crippen MR) is 89.6 cm³/mol. The van der Waals surface area contributed by atoms with Gasteiger partial charge in [-0.15, -0.1) is 0 Å². The van der Waals surface area contributed by atoms with E-state index in [4.69, 9.17) is 17.9 Å². The molecule has 0 aliphatic heterocycles. The van der Waals surface area contributed by atoms with Crippen LogP contribution in [-0.2, 0) is 0 Å². The number of rotatable bonds is 4. The van der Waals surface area contributed by atoms with Crippen molar-refractivity contribution in [2.45, 2.75) is 13.8 Å². The van der Waals surface area contributed by atoms with Crippen molar-refractivity contribution in [1.82, 2.24) is 0 Å². The number of benzene rings is 2. The summed E-state index contributed by atoms with van der Waals surface area (Å²) < 4.78 is 1.57. The quantitative estimate of drug-likeness (QED) is 0.545. The van der Waals surface area contributed by atoms with Gasteiger partial charge < -0.3 is 0 Å². The number of halogens is 2. The van der Waals surface area contributed by atoms with Crippen LogP contribution in [0.25, 0.3) is 0 Å². The molecule has 0 radical (unpaired) electrons. The first-order valence-electron chi connectivity index (χ1n) is 6.27. The van der Waals surface area contributed by atoms with Crippen LogP contribution in [-0.4, -0.2) is 27.5 Å². The first-order valence-corrected chi connectivity index (χ1v) is 14.5. The summed E-state index contributed by atoms with van der Waals surface area (Å²) in [6.07, 6.45) is 0. The number of hydrogen-bond acceptors (Lipinski definition) is 2. The van der Waals surface area contributed by atoms with Crippen LogP contribution < -0.4 is 7.22 Å². The van der Waals surface area contributed by atoms with E-state index in [1.807, 2.05) is 12.1 Å². The van der Waals surface area contributed by atoms with Gasteiger partial charge in [0.2, 0.25) is 0 Å². The molecule has 2 rings (SSSR count). The Balaban J connectivity index is 2.50. The van der Waals surface area contributed by atoms with Crippen molar-refractivity contribution in [3.63, 3.8) is 0 Å². The summed E-state index contributed by atoms with van der Waals surface area (Å²) in [6.45, 7) is 3.01. The first kappa shape index (κ1) is 16.5. The minimum atomic E-state index is -3.58. The summed E-state index contributed by atoms with van der Waals surface area (Å²) in [4.78, 5) is 23.0. The summed E-state index contributed by atoms with van der Waals surface area (Å²) >= 11 is -3.58. The van der Waals surface area contributed by atoms with Gasteiger partial charge in [0.25, 0.3) is 0 Å². The van der Waals surface area contributed by atoms with Crippen molar-refractivity contribution < 1.29 is 9.59 Å². The van der Waals surface area contributed by atoms with E-state index in [0.717, 1.165) is 7.22 Å². The van der Waals surface area contributed by atoms with Gasteiger partial charge in [-0.25, -0.2) is 0 Å². The average molecular weight is 437 g/mol. The molecule has 21 heavy (non-hydrogen) atoms. The van der Waals surface area contributed by atoms with Gasteiger partial charge in [-0.05, 0) is 0 Å². The summed E-state index contributed by atoms with van der Waals surface area (Å²) in [5.74, 6) is -0.0531. The molecule has 0 unspecified atom stereocenters. The van der Waals surface area contributed by atoms with Crippen molar-refractivity contribution in [3.05, 3.63) is 59.7 Å². The molecule has 0 atom stereocenters. The fourth-order valence-corrected chi connectivity index (χ4v) is 8.23. The Bertz CT molecular complexity index is 651. The number of carbonyl (C=O) groups is 2. The average Bonchev–Trinajstić information content (AvgIpc) is 2.47. The molecule has 0 aliphatic rings. The number of Topliss-reactive ketones (excluding diaryl/α,β-unsaturated/α-hetero) is 2. The molecule has 0 heterocycles. The van der Waals surface area contributed by atoms with Crippen LogP contribution in [0.4, 0.5) is 0 Å². The second kappa shape index (κ2) is 6.50. The third-order valence-corrected chi connectivity index (χ3v) is 12.7. The van der Waals surface area contributed by atoms with Gasteiger partial charge in [0.05, 0.1) is 0 Å². The van der Waals surface area contributed by atoms with Gasteiger partial charge in [-0.2, -0.15) is 0 Å². The molecule has 0 aromatic heterocycles. The van der Waals surface area contributed by atoms with Crippen LogP contribution in [0.15, 0.2) is 48.5 Å². The SMILES string of the molecule is CC(=O)c1cccc([Te](Cl)(Cl)c2cccc(C(C)=O)c2)c1. The third kappa shape index (κ3) is 3.67. The zero-order valence-electron chi connectivity index (χ0n) is 11.6. The van der Waals surface area contributed by atoms with Crippen molar-refractivity contribution in [3.8, 4) is 0 Å². The number of ketones is 2. The standard InChI is InChI=1S/C16H14Cl2O2Te/c1-11(19)13-5-3-7-15(9-13)21(17,18)16-8-4-6-14(10-16)12(2)20/h3-10H,1-2H3. The van der Waals surface area contributed by atoms with Crippen molar-refractivity contribution >= 4 is 52.7 Å². The molecule has 0 N–H and O–H groups in total. The van der Waals surface area contributed by atoms with E-state index in [0.29, 0.717) is 11.1 Å². The van der Waals surface area contributed by atoms with E-state index >= 15 is 0 Å². The Kier molecular flexibility index (Phi) is 5.11. The van der Waals surface area contributed by atoms with Crippen molar-refractivity contribution in [2.24, 2.45) is 0 Å². The maximum atomic E-state index is 11.5. The molecule has 2 nitrogen and oxygen atoms in total. The van der Waals surface area contributed by atoms with Gasteiger partial charge >= 0.3 is 136 Å². The van der Waals surface area contributed by atoms with E-state index in [1.54, 1.807) is 36.4 Å². The fourth-order valence-electron chi connectivity index (χ4n) is 1.89. The van der Waals surface area contributed by atoms with Crippen molar-refractivity contribution in [1.29, 1.82) is 0 Å². The molecule has 0 fully saturated rings. The van der Waals surface area contributed by atoms with Crippen LogP contribution in [0.5, 0.6) is 0 Å². The Morgan fingerprint density at radius 1 is 0.810 bits per heavy atom. The van der Waals surface area contributed by atoms with E-state index in [2.05, 4.69) is 0 Å².